The molecule has 1 aromatic rings. The Bertz CT molecular complexity index is 476. The van der Waals surface area contributed by atoms with E-state index in [1.54, 1.807) is 0 Å². The van der Waals surface area contributed by atoms with E-state index in [0.29, 0.717) is 0 Å². The maximum Gasteiger partial charge on any atom is 0.419 e. The van der Waals surface area contributed by atoms with E-state index >= 15 is 0 Å². The van der Waals surface area contributed by atoms with E-state index in [0.717, 1.165) is 19.4 Å². The summed E-state index contributed by atoms with van der Waals surface area (Å²) in [5.74, 6) is -0.671. The molecule has 9 heteroatoms. The van der Waals surface area contributed by atoms with Crippen LogP contribution in [0.15, 0.2) is 23.3 Å². The standard InChI is InChI=1S/C10H11F3N4O.ClH/c1-18-8-3-2-6(5-16-17-9(14)15)4-7(8)10(11,12)13;/h2-5H,1H3,(H4,14,15,17);1H. The molecule has 0 heterocycles. The molecule has 0 bridgehead atoms. The summed E-state index contributed by atoms with van der Waals surface area (Å²) in [4.78, 5) is 0. The van der Waals surface area contributed by atoms with Crippen molar-refractivity contribution in [2.24, 2.45) is 10.8 Å². The van der Waals surface area contributed by atoms with Gasteiger partial charge in [0.15, 0.2) is 0 Å². The molecule has 0 atom stereocenters. The van der Waals surface area contributed by atoms with Crippen molar-refractivity contribution in [2.75, 3.05) is 7.11 Å². The van der Waals surface area contributed by atoms with Crippen molar-refractivity contribution < 1.29 is 17.9 Å². The molecule has 0 unspecified atom stereocenters. The monoisotopic (exact) mass is 296 g/mol. The van der Waals surface area contributed by atoms with Gasteiger partial charge in [0, 0.05) is 0 Å². The average molecular weight is 297 g/mol. The summed E-state index contributed by atoms with van der Waals surface area (Å²) in [6.07, 6.45) is -3.39. The SMILES string of the molecule is COc1ccc(C=NNC(=N)N)cc1C(F)(F)F.Cl. The number of methoxy groups -OCH3 is 1. The minimum atomic E-state index is -4.51. The minimum absolute atomic E-state index is 0. The Hall–Kier alpha value is -1.96. The molecule has 0 radical (unpaired) electrons. The lowest BCUT2D eigenvalue weighted by Gasteiger charge is -2.12. The van der Waals surface area contributed by atoms with E-state index < -0.39 is 17.7 Å². The van der Waals surface area contributed by atoms with Crippen molar-refractivity contribution in [1.29, 1.82) is 5.41 Å². The number of hydrogen-bond donors (Lipinski definition) is 3. The fraction of sp³-hybridized carbons (Fsp3) is 0.200. The number of halogens is 4. The zero-order chi connectivity index (χ0) is 13.8. The van der Waals surface area contributed by atoms with Gasteiger partial charge in [0.25, 0.3) is 0 Å². The Labute approximate surface area is 113 Å². The van der Waals surface area contributed by atoms with Crippen molar-refractivity contribution in [3.63, 3.8) is 0 Å². The summed E-state index contributed by atoms with van der Waals surface area (Å²) < 4.78 is 42.6. The number of alkyl halides is 3. The number of ether oxygens (including phenoxy) is 1. The Balaban J connectivity index is 0.00000324. The predicted octanol–water partition coefficient (Wildman–Crippen LogP) is 1.95. The highest BCUT2D eigenvalue weighted by Crippen LogP contribution is 2.36. The van der Waals surface area contributed by atoms with Gasteiger partial charge in [0.05, 0.1) is 18.9 Å². The van der Waals surface area contributed by atoms with Crippen LogP contribution in [0.1, 0.15) is 11.1 Å². The van der Waals surface area contributed by atoms with Crippen LogP contribution in [0, 0.1) is 5.41 Å². The summed E-state index contributed by atoms with van der Waals surface area (Å²) in [6.45, 7) is 0. The van der Waals surface area contributed by atoms with E-state index in [9.17, 15) is 13.2 Å². The number of rotatable bonds is 3. The fourth-order valence-electron chi connectivity index (χ4n) is 1.20. The molecule has 4 N–H and O–H groups in total. The lowest BCUT2D eigenvalue weighted by Crippen LogP contribution is -2.25. The van der Waals surface area contributed by atoms with Gasteiger partial charge >= 0.3 is 6.18 Å². The summed E-state index contributed by atoms with van der Waals surface area (Å²) in [7, 11) is 1.16. The predicted molar refractivity (Wildman–Crippen MR) is 67.9 cm³/mol. The van der Waals surface area contributed by atoms with Crippen LogP contribution in [-0.4, -0.2) is 19.3 Å². The molecule has 19 heavy (non-hydrogen) atoms. The molecule has 0 spiro atoms. The number of benzene rings is 1. The van der Waals surface area contributed by atoms with Crippen LogP contribution in [0.5, 0.6) is 5.75 Å². The van der Waals surface area contributed by atoms with Gasteiger partial charge in [-0.3, -0.25) is 5.41 Å². The first-order valence-electron chi connectivity index (χ1n) is 4.73. The van der Waals surface area contributed by atoms with Crippen LogP contribution < -0.4 is 15.9 Å². The minimum Gasteiger partial charge on any atom is -0.496 e. The third kappa shape index (κ3) is 5.04. The highest BCUT2D eigenvalue weighted by Gasteiger charge is 2.34. The molecular formula is C10H12ClF3N4O. The summed E-state index contributed by atoms with van der Waals surface area (Å²) in [6, 6.07) is 3.49. The summed E-state index contributed by atoms with van der Waals surface area (Å²) >= 11 is 0. The van der Waals surface area contributed by atoms with E-state index in [-0.39, 0.29) is 23.7 Å². The molecule has 0 fully saturated rings. The summed E-state index contributed by atoms with van der Waals surface area (Å²) in [5.41, 5.74) is 6.37. The highest BCUT2D eigenvalue weighted by atomic mass is 35.5. The van der Waals surface area contributed by atoms with Crippen molar-refractivity contribution in [3.8, 4) is 5.75 Å². The molecule has 0 aliphatic carbocycles. The molecule has 0 aromatic heterocycles. The third-order valence-corrected chi connectivity index (χ3v) is 1.93. The van der Waals surface area contributed by atoms with E-state index in [4.69, 9.17) is 11.1 Å². The van der Waals surface area contributed by atoms with Gasteiger partial charge in [-0.05, 0) is 23.8 Å². The Morgan fingerprint density at radius 1 is 1.47 bits per heavy atom. The highest BCUT2D eigenvalue weighted by molar-refractivity contribution is 5.85. The number of hydrogen-bond acceptors (Lipinski definition) is 3. The Kier molecular flexibility index (Phi) is 6.13. The number of guanidine groups is 1. The molecule has 0 amide bonds. The van der Waals surface area contributed by atoms with Gasteiger partial charge < -0.3 is 10.5 Å². The summed E-state index contributed by atoms with van der Waals surface area (Å²) in [5, 5.41) is 10.3. The molecule has 0 aliphatic rings. The van der Waals surface area contributed by atoms with Gasteiger partial charge in [0.1, 0.15) is 5.75 Å². The van der Waals surface area contributed by atoms with Crippen LogP contribution >= 0.6 is 12.4 Å². The van der Waals surface area contributed by atoms with Gasteiger partial charge in [-0.25, -0.2) is 5.43 Å². The first kappa shape index (κ1) is 17.0. The maximum atomic E-state index is 12.7. The van der Waals surface area contributed by atoms with Crippen LogP contribution in [0.2, 0.25) is 0 Å². The second-order valence-electron chi connectivity index (χ2n) is 3.24. The molecule has 0 aliphatic heterocycles. The quantitative estimate of drug-likeness (QED) is 0.453. The zero-order valence-electron chi connectivity index (χ0n) is 9.78. The van der Waals surface area contributed by atoms with Crippen LogP contribution in [0.3, 0.4) is 0 Å². The van der Waals surface area contributed by atoms with Crippen LogP contribution in [0.4, 0.5) is 13.2 Å². The average Bonchev–Trinajstić information content (AvgIpc) is 2.27. The number of nitrogens with zero attached hydrogens (tertiary/aromatic N) is 1. The van der Waals surface area contributed by atoms with Crippen LogP contribution in [-0.2, 0) is 6.18 Å². The smallest absolute Gasteiger partial charge is 0.419 e. The normalized spacial score (nSPS) is 10.9. The van der Waals surface area contributed by atoms with Crippen molar-refractivity contribution >= 4 is 24.6 Å². The Morgan fingerprint density at radius 3 is 2.58 bits per heavy atom. The molecule has 106 valence electrons. The van der Waals surface area contributed by atoms with E-state index in [1.165, 1.54) is 12.1 Å². The number of hydrazone groups is 1. The molecular weight excluding hydrogens is 285 g/mol. The van der Waals surface area contributed by atoms with E-state index in [1.807, 2.05) is 0 Å². The molecule has 1 aromatic carbocycles. The second kappa shape index (κ2) is 6.83. The second-order valence-corrected chi connectivity index (χ2v) is 3.24. The molecule has 0 saturated heterocycles. The lowest BCUT2D eigenvalue weighted by molar-refractivity contribution is -0.138. The van der Waals surface area contributed by atoms with Gasteiger partial charge in [-0.15, -0.1) is 12.4 Å². The maximum absolute atomic E-state index is 12.7. The number of nitrogens with two attached hydrogens (primary N) is 1. The zero-order valence-corrected chi connectivity index (χ0v) is 10.6. The first-order valence-corrected chi connectivity index (χ1v) is 4.73. The molecule has 0 saturated carbocycles. The third-order valence-electron chi connectivity index (χ3n) is 1.93. The van der Waals surface area contributed by atoms with Gasteiger partial charge in [-0.1, -0.05) is 0 Å². The van der Waals surface area contributed by atoms with Crippen molar-refractivity contribution in [1.82, 2.24) is 5.43 Å². The molecule has 5 nitrogen and oxygen atoms in total. The van der Waals surface area contributed by atoms with Crippen molar-refractivity contribution in [3.05, 3.63) is 29.3 Å². The lowest BCUT2D eigenvalue weighted by atomic mass is 10.1. The van der Waals surface area contributed by atoms with Crippen molar-refractivity contribution in [2.45, 2.75) is 6.18 Å². The topological polar surface area (TPSA) is 83.5 Å². The fourth-order valence-corrected chi connectivity index (χ4v) is 1.20. The van der Waals surface area contributed by atoms with Crippen LogP contribution in [0.25, 0.3) is 0 Å². The van der Waals surface area contributed by atoms with E-state index in [2.05, 4.69) is 15.3 Å². The van der Waals surface area contributed by atoms with Gasteiger partial charge in [0.2, 0.25) is 5.96 Å². The number of nitrogens with one attached hydrogen (secondary N) is 2. The largest absolute Gasteiger partial charge is 0.496 e. The Morgan fingerprint density at radius 2 is 2.11 bits per heavy atom. The van der Waals surface area contributed by atoms with Gasteiger partial charge in [-0.2, -0.15) is 18.3 Å². The molecule has 1 rings (SSSR count). The first-order chi connectivity index (χ1) is 8.34.